The zero-order chi connectivity index (χ0) is 15.8. The van der Waals surface area contributed by atoms with Crippen LogP contribution in [0.15, 0.2) is 23.1 Å². The van der Waals surface area contributed by atoms with E-state index in [-0.39, 0.29) is 18.1 Å². The third-order valence-electron chi connectivity index (χ3n) is 3.99. The summed E-state index contributed by atoms with van der Waals surface area (Å²) in [7, 11) is -2.34. The average molecular weight is 313 g/mol. The Morgan fingerprint density at radius 2 is 1.95 bits per heavy atom. The molecule has 1 aliphatic rings. The molecule has 0 spiro atoms. The summed E-state index contributed by atoms with van der Waals surface area (Å²) in [6.07, 6.45) is 0. The Hall–Kier alpha value is -1.44. The topological polar surface area (TPSA) is 83.9 Å². The van der Waals surface area contributed by atoms with Crippen molar-refractivity contribution >= 4 is 16.0 Å². The van der Waals surface area contributed by atoms with E-state index in [2.05, 4.69) is 0 Å². The Kier molecular flexibility index (Phi) is 4.36. The van der Waals surface area contributed by atoms with E-state index in [1.54, 1.807) is 18.2 Å². The number of hydrogen-bond acceptors (Lipinski definition) is 4. The summed E-state index contributed by atoms with van der Waals surface area (Å²) in [5.74, 6) is -1.88. The molecular weight excluding hydrogens is 294 g/mol. The SMILES string of the molecule is Cc1ccc(S(=O)(=O)N(C)C2COCC2C(=O)O)cc1C. The second-order valence-corrected chi connectivity index (χ2v) is 7.31. The third kappa shape index (κ3) is 2.95. The van der Waals surface area contributed by atoms with E-state index in [4.69, 9.17) is 9.84 Å². The first-order valence-electron chi connectivity index (χ1n) is 6.61. The Morgan fingerprint density at radius 1 is 1.29 bits per heavy atom. The average Bonchev–Trinajstić information content (AvgIpc) is 2.90. The summed E-state index contributed by atoms with van der Waals surface area (Å²) in [6.45, 7) is 3.87. The summed E-state index contributed by atoms with van der Waals surface area (Å²) in [5.41, 5.74) is 1.88. The van der Waals surface area contributed by atoms with E-state index in [1.807, 2.05) is 13.8 Å². The second-order valence-electron chi connectivity index (χ2n) is 5.32. The molecule has 21 heavy (non-hydrogen) atoms. The molecule has 1 fully saturated rings. The van der Waals surface area contributed by atoms with Gasteiger partial charge in [-0.1, -0.05) is 6.07 Å². The molecule has 0 aliphatic carbocycles. The number of carbonyl (C=O) groups is 1. The first kappa shape index (κ1) is 15.9. The molecule has 2 unspecified atom stereocenters. The normalized spacial score (nSPS) is 22.7. The largest absolute Gasteiger partial charge is 0.481 e. The number of nitrogens with zero attached hydrogens (tertiary/aromatic N) is 1. The number of likely N-dealkylation sites (N-methyl/N-ethyl adjacent to an activating group) is 1. The predicted molar refractivity (Wildman–Crippen MR) is 76.6 cm³/mol. The van der Waals surface area contributed by atoms with Crippen LogP contribution in [0.2, 0.25) is 0 Å². The van der Waals surface area contributed by atoms with E-state index in [0.29, 0.717) is 0 Å². The maximum atomic E-state index is 12.6. The Morgan fingerprint density at radius 3 is 2.52 bits per heavy atom. The number of hydrogen-bond donors (Lipinski definition) is 1. The Bertz CT molecular complexity index is 655. The van der Waals surface area contributed by atoms with Crippen molar-refractivity contribution in [2.45, 2.75) is 24.8 Å². The fourth-order valence-electron chi connectivity index (χ4n) is 2.36. The van der Waals surface area contributed by atoms with E-state index in [1.165, 1.54) is 7.05 Å². The van der Waals surface area contributed by atoms with Gasteiger partial charge in [-0.25, -0.2) is 8.42 Å². The molecule has 0 aromatic heterocycles. The van der Waals surface area contributed by atoms with Crippen LogP contribution in [-0.2, 0) is 19.6 Å². The standard InChI is InChI=1S/C14H19NO5S/c1-9-4-5-11(6-10(9)2)21(18,19)15(3)13-8-20-7-12(13)14(16)17/h4-6,12-13H,7-8H2,1-3H3,(H,16,17). The van der Waals surface area contributed by atoms with Crippen LogP contribution in [0.3, 0.4) is 0 Å². The summed E-state index contributed by atoms with van der Waals surface area (Å²) in [4.78, 5) is 11.3. The summed E-state index contributed by atoms with van der Waals surface area (Å²) >= 11 is 0. The lowest BCUT2D eigenvalue weighted by molar-refractivity contribution is -0.142. The molecule has 1 aromatic carbocycles. The fraction of sp³-hybridized carbons (Fsp3) is 0.500. The minimum Gasteiger partial charge on any atom is -0.481 e. The second kappa shape index (κ2) is 5.75. The van der Waals surface area contributed by atoms with Crippen LogP contribution in [-0.4, -0.2) is 50.1 Å². The summed E-state index contributed by atoms with van der Waals surface area (Å²) < 4.78 is 31.5. The molecule has 1 N–H and O–H groups in total. The number of rotatable bonds is 4. The molecule has 2 rings (SSSR count). The highest BCUT2D eigenvalue weighted by molar-refractivity contribution is 7.89. The molecule has 1 aromatic rings. The van der Waals surface area contributed by atoms with Crippen LogP contribution in [0.5, 0.6) is 0 Å². The summed E-state index contributed by atoms with van der Waals surface area (Å²) in [5, 5.41) is 9.15. The maximum absolute atomic E-state index is 12.6. The lowest BCUT2D eigenvalue weighted by atomic mass is 10.1. The zero-order valence-electron chi connectivity index (χ0n) is 12.2. The number of benzene rings is 1. The highest BCUT2D eigenvalue weighted by Crippen LogP contribution is 2.26. The molecular formula is C14H19NO5S. The van der Waals surface area contributed by atoms with Gasteiger partial charge in [0.2, 0.25) is 10.0 Å². The van der Waals surface area contributed by atoms with E-state index in [0.717, 1.165) is 15.4 Å². The quantitative estimate of drug-likeness (QED) is 0.897. The smallest absolute Gasteiger partial charge is 0.310 e. The molecule has 116 valence electrons. The van der Waals surface area contributed by atoms with E-state index < -0.39 is 28.0 Å². The van der Waals surface area contributed by atoms with Gasteiger partial charge in [0.15, 0.2) is 0 Å². The Balaban J connectivity index is 2.34. The fourth-order valence-corrected chi connectivity index (χ4v) is 3.82. The number of aryl methyl sites for hydroxylation is 2. The van der Waals surface area contributed by atoms with Gasteiger partial charge >= 0.3 is 5.97 Å². The van der Waals surface area contributed by atoms with Gasteiger partial charge in [0.05, 0.1) is 30.1 Å². The molecule has 7 heteroatoms. The molecule has 2 atom stereocenters. The lowest BCUT2D eigenvalue weighted by Crippen LogP contribution is -2.44. The highest BCUT2D eigenvalue weighted by Gasteiger charge is 2.41. The first-order valence-corrected chi connectivity index (χ1v) is 8.05. The molecule has 0 amide bonds. The molecule has 1 heterocycles. The number of aliphatic carboxylic acids is 1. The van der Waals surface area contributed by atoms with Crippen LogP contribution >= 0.6 is 0 Å². The van der Waals surface area contributed by atoms with Crippen molar-refractivity contribution in [3.8, 4) is 0 Å². The van der Waals surface area contributed by atoms with Crippen molar-refractivity contribution < 1.29 is 23.1 Å². The number of carboxylic acid groups (broad SMARTS) is 1. The Labute approximate surface area is 124 Å². The summed E-state index contributed by atoms with van der Waals surface area (Å²) in [6, 6.07) is 4.21. The van der Waals surface area contributed by atoms with E-state index >= 15 is 0 Å². The van der Waals surface area contributed by atoms with Gasteiger partial charge in [0.25, 0.3) is 0 Å². The molecule has 1 aliphatic heterocycles. The zero-order valence-corrected chi connectivity index (χ0v) is 13.1. The van der Waals surface area contributed by atoms with Crippen molar-refractivity contribution in [1.29, 1.82) is 0 Å². The van der Waals surface area contributed by atoms with Crippen molar-refractivity contribution in [3.63, 3.8) is 0 Å². The van der Waals surface area contributed by atoms with Crippen molar-refractivity contribution in [2.24, 2.45) is 5.92 Å². The van der Waals surface area contributed by atoms with Crippen molar-refractivity contribution in [3.05, 3.63) is 29.3 Å². The predicted octanol–water partition coefficient (Wildman–Crippen LogP) is 1.02. The minimum absolute atomic E-state index is 0.0345. The lowest BCUT2D eigenvalue weighted by Gasteiger charge is -2.25. The molecule has 1 saturated heterocycles. The molecule has 0 radical (unpaired) electrons. The van der Waals surface area contributed by atoms with Gasteiger partial charge in [-0.05, 0) is 37.1 Å². The van der Waals surface area contributed by atoms with Crippen LogP contribution in [0.25, 0.3) is 0 Å². The number of sulfonamides is 1. The van der Waals surface area contributed by atoms with Crippen LogP contribution in [0, 0.1) is 19.8 Å². The number of carboxylic acids is 1. The highest BCUT2D eigenvalue weighted by atomic mass is 32.2. The molecule has 0 saturated carbocycles. The van der Waals surface area contributed by atoms with Gasteiger partial charge in [-0.2, -0.15) is 4.31 Å². The van der Waals surface area contributed by atoms with Crippen LogP contribution in [0.1, 0.15) is 11.1 Å². The van der Waals surface area contributed by atoms with Gasteiger partial charge < -0.3 is 9.84 Å². The first-order chi connectivity index (χ1) is 9.75. The van der Waals surface area contributed by atoms with Gasteiger partial charge in [0.1, 0.15) is 0 Å². The minimum atomic E-state index is -3.74. The van der Waals surface area contributed by atoms with Gasteiger partial charge in [-0.15, -0.1) is 0 Å². The maximum Gasteiger partial charge on any atom is 0.310 e. The van der Waals surface area contributed by atoms with Crippen molar-refractivity contribution in [2.75, 3.05) is 20.3 Å². The van der Waals surface area contributed by atoms with Crippen LogP contribution < -0.4 is 0 Å². The van der Waals surface area contributed by atoms with Crippen LogP contribution in [0.4, 0.5) is 0 Å². The monoisotopic (exact) mass is 313 g/mol. The number of ether oxygens (including phenoxy) is 1. The third-order valence-corrected chi connectivity index (χ3v) is 5.87. The van der Waals surface area contributed by atoms with E-state index in [9.17, 15) is 13.2 Å². The van der Waals surface area contributed by atoms with Gasteiger partial charge in [-0.3, -0.25) is 4.79 Å². The molecule has 6 nitrogen and oxygen atoms in total. The molecule has 0 bridgehead atoms. The van der Waals surface area contributed by atoms with Crippen molar-refractivity contribution in [1.82, 2.24) is 4.31 Å². The van der Waals surface area contributed by atoms with Gasteiger partial charge in [0, 0.05) is 7.05 Å².